The largest absolute Gasteiger partial charge is 0.369 e. The standard InChI is InChI=1S/C12H17N3O.C11H16N4O.C11H13N3.C10H12N4.C10H13N3.C9H12N4.2C8H11N5/c1-12(2,3)10-9-7(14-11(13)15-10)5-4-6-8(9)16;1-11(2,3)8-7-6(16)4-5-13-9(7)15-10(12)14-8;1-11(2,3)10-9-8(13-7-14-10)5-4-6-12-9;1-10(2,3)8-7-9(14-6-13-8)12-5-4-11-7;1-10(2,3)8-4-6-11-9-5-7-12-13(8)9;1-9(2,3)7-11-6-12-8-10-4-5-13(7)8;1-8(2,3)6-9-4-10-7-11-5-12-13(6)7;1-8(2,3)6-5-7(10-4-9-6)12-13-11-5/h4-6H2,1-3H3,(H2,13,14,15);4-5H2,1-3H3,(H3,12,13,14,15);4-7H,1-3H3;4-6H,1-3H3;4-7H,1-3H3;4-6H,1-3H3;4-5H,1-3H3;4H,1-3H3,(H,9,10,11,12,13). The SMILES string of the molecule is CC(C)(C)c1ccnc2ccnn12.CC(C)(C)c1nc(N)nc2c1C(=O)CCC2.CC(C)(C)c1nc(N)nc2c1C(=O)CCN2.CC(C)(C)c1ncnc2cccnc12.CC(C)(C)c1ncnc2n[nH]nc12.CC(C)(C)c1ncnc2nccn12.CC(C)(C)c1ncnc2nccnc12.CC(C)(C)c1ncnc2ncnn12. The van der Waals surface area contributed by atoms with Gasteiger partial charge in [-0.25, -0.2) is 84.3 Å². The van der Waals surface area contributed by atoms with E-state index in [1.807, 2.05) is 87.1 Å². The number of ketones is 2. The molecule has 0 spiro atoms. The molecule has 15 heterocycles. The predicted octanol–water partition coefficient (Wildman–Crippen LogP) is 12.6. The average Bonchev–Trinajstić information content (AvgIpc) is 1.43. The summed E-state index contributed by atoms with van der Waals surface area (Å²) in [5.41, 5.74) is 24.3. The van der Waals surface area contributed by atoms with Crippen LogP contribution in [0.2, 0.25) is 0 Å². The number of Topliss-reactive ketones (excluding diaryl/α,β-unsaturated/α-hetero) is 2. The Balaban J connectivity index is 0.000000147. The molecule has 0 saturated heterocycles. The lowest BCUT2D eigenvalue weighted by Crippen LogP contribution is -2.27. The van der Waals surface area contributed by atoms with Gasteiger partial charge in [-0.3, -0.25) is 19.0 Å². The molecule has 0 radical (unpaired) electrons. The molecule has 6 N–H and O–H groups in total. The molecule has 0 saturated carbocycles. The second-order valence-corrected chi connectivity index (χ2v) is 34.9. The molecule has 588 valence electrons. The Kier molecular flexibility index (Phi) is 25.2. The van der Waals surface area contributed by atoms with Gasteiger partial charge in [-0.05, 0) is 31.0 Å². The van der Waals surface area contributed by atoms with Crippen LogP contribution in [0.5, 0.6) is 0 Å². The highest BCUT2D eigenvalue weighted by Crippen LogP contribution is 2.34. The van der Waals surface area contributed by atoms with Gasteiger partial charge in [0.05, 0.1) is 62.7 Å². The summed E-state index contributed by atoms with van der Waals surface area (Å²) in [7, 11) is 0. The smallest absolute Gasteiger partial charge is 0.255 e. The molecule has 14 aromatic rings. The molecule has 16 rings (SSSR count). The minimum Gasteiger partial charge on any atom is -0.369 e. The van der Waals surface area contributed by atoms with Gasteiger partial charge in [0.2, 0.25) is 23.3 Å². The molecule has 0 atom stereocenters. The lowest BCUT2D eigenvalue weighted by atomic mass is 9.83. The molecule has 33 nitrogen and oxygen atoms in total. The van der Waals surface area contributed by atoms with E-state index < -0.39 is 0 Å². The fourth-order valence-electron chi connectivity index (χ4n) is 11.8. The number of carbonyl (C=O) groups excluding carboxylic acids is 2. The second kappa shape index (κ2) is 33.6. The minimum absolute atomic E-state index is 0.00947. The van der Waals surface area contributed by atoms with E-state index in [1.54, 1.807) is 48.2 Å². The first-order valence-corrected chi connectivity index (χ1v) is 36.9. The third-order valence-electron chi connectivity index (χ3n) is 17.0. The number of nitrogens with one attached hydrogen (secondary N) is 2. The molecule has 112 heavy (non-hydrogen) atoms. The van der Waals surface area contributed by atoms with Crippen LogP contribution < -0.4 is 16.8 Å². The van der Waals surface area contributed by atoms with Crippen molar-refractivity contribution in [3.63, 3.8) is 0 Å². The number of hydrogen-bond donors (Lipinski definition) is 4. The zero-order valence-corrected chi connectivity index (χ0v) is 68.9. The molecule has 1 aliphatic heterocycles. The summed E-state index contributed by atoms with van der Waals surface area (Å²) in [5.74, 6) is 4.48. The van der Waals surface area contributed by atoms with E-state index in [0.717, 1.165) is 86.4 Å². The summed E-state index contributed by atoms with van der Waals surface area (Å²) in [4.78, 5) is 107. The van der Waals surface area contributed by atoms with Crippen molar-refractivity contribution in [2.75, 3.05) is 23.3 Å². The molecule has 0 amide bonds. The lowest BCUT2D eigenvalue weighted by Gasteiger charge is -2.25. The maximum atomic E-state index is 11.9. The molecule has 0 bridgehead atoms. The number of aryl methyl sites for hydroxylation is 1. The van der Waals surface area contributed by atoms with Gasteiger partial charge in [0.1, 0.15) is 66.5 Å². The Morgan fingerprint density at radius 3 is 1.56 bits per heavy atom. The molecule has 0 aromatic carbocycles. The summed E-state index contributed by atoms with van der Waals surface area (Å²) < 4.78 is 5.47. The van der Waals surface area contributed by atoms with Crippen LogP contribution in [0.15, 0.2) is 106 Å². The summed E-state index contributed by atoms with van der Waals surface area (Å²) in [6, 6.07) is 7.77. The Labute approximate surface area is 651 Å². The van der Waals surface area contributed by atoms with Crippen LogP contribution in [0.1, 0.15) is 258 Å². The van der Waals surface area contributed by atoms with Crippen LogP contribution >= 0.6 is 0 Å². The Morgan fingerprint density at radius 1 is 0.384 bits per heavy atom. The summed E-state index contributed by atoms with van der Waals surface area (Å²) in [6.45, 7) is 50.8. The average molecular weight is 1520 g/mol. The van der Waals surface area contributed by atoms with E-state index in [0.29, 0.717) is 59.2 Å². The van der Waals surface area contributed by atoms with Crippen molar-refractivity contribution in [1.82, 2.24) is 139 Å². The van der Waals surface area contributed by atoms with Crippen molar-refractivity contribution in [1.29, 1.82) is 0 Å². The van der Waals surface area contributed by atoms with Gasteiger partial charge in [-0.1, -0.05) is 166 Å². The highest BCUT2D eigenvalue weighted by molar-refractivity contribution is 6.03. The fourth-order valence-corrected chi connectivity index (χ4v) is 11.8. The first-order chi connectivity index (χ1) is 52.3. The number of nitrogens with two attached hydrogens (primary N) is 2. The zero-order chi connectivity index (χ0) is 82.1. The number of carbonyl (C=O) groups is 2. The first-order valence-electron chi connectivity index (χ1n) is 36.9. The zero-order valence-electron chi connectivity index (χ0n) is 68.9. The van der Waals surface area contributed by atoms with Gasteiger partial charge in [0.15, 0.2) is 28.4 Å². The van der Waals surface area contributed by atoms with Crippen molar-refractivity contribution in [3.05, 3.63) is 168 Å². The van der Waals surface area contributed by atoms with Crippen molar-refractivity contribution >= 4 is 79.8 Å². The van der Waals surface area contributed by atoms with Crippen molar-refractivity contribution in [2.24, 2.45) is 0 Å². The number of aromatic nitrogens is 28. The number of hydrogen-bond acceptors (Lipinski definition) is 29. The van der Waals surface area contributed by atoms with E-state index in [9.17, 15) is 9.59 Å². The molecule has 2 aliphatic rings. The van der Waals surface area contributed by atoms with E-state index in [4.69, 9.17) is 11.5 Å². The van der Waals surface area contributed by atoms with Crippen molar-refractivity contribution < 1.29 is 9.59 Å². The van der Waals surface area contributed by atoms with Crippen molar-refractivity contribution in [2.45, 2.75) is 235 Å². The lowest BCUT2D eigenvalue weighted by molar-refractivity contribution is 0.0964. The van der Waals surface area contributed by atoms with Gasteiger partial charge in [0, 0.05) is 106 Å². The molecule has 14 aromatic heterocycles. The summed E-state index contributed by atoms with van der Waals surface area (Å²) >= 11 is 0. The normalized spacial score (nSPS) is 13.2. The number of H-pyrrole nitrogens is 1. The van der Waals surface area contributed by atoms with Crippen LogP contribution in [-0.4, -0.2) is 157 Å². The molecule has 0 unspecified atom stereocenters. The molecule has 1 aliphatic carbocycles. The molecular formula is C79H105N31O2. The topological polar surface area (TPSA) is 437 Å². The fraction of sp³-hybridized carbons (Fsp3) is 0.468. The van der Waals surface area contributed by atoms with Gasteiger partial charge in [-0.15, -0.1) is 5.10 Å². The number of nitrogen functional groups attached to an aromatic ring is 2. The number of fused-ring (bicyclic) bond motifs is 8. The maximum absolute atomic E-state index is 11.9. The number of imidazole rings is 1. The third-order valence-corrected chi connectivity index (χ3v) is 17.0. The number of aromatic amines is 1. The Hall–Kier alpha value is -12.1. The van der Waals surface area contributed by atoms with Crippen LogP contribution in [0, 0.1) is 0 Å². The second-order valence-electron chi connectivity index (χ2n) is 34.9. The number of rotatable bonds is 0. The van der Waals surface area contributed by atoms with Gasteiger partial charge in [0.25, 0.3) is 5.78 Å². The quantitative estimate of drug-likeness (QED) is 0.110. The van der Waals surface area contributed by atoms with E-state index in [1.165, 1.54) is 31.0 Å². The number of anilines is 3. The first kappa shape index (κ1) is 84.0. The van der Waals surface area contributed by atoms with Crippen LogP contribution in [0.25, 0.3) is 50.6 Å². The predicted molar refractivity (Wildman–Crippen MR) is 431 cm³/mol. The van der Waals surface area contributed by atoms with E-state index >= 15 is 0 Å². The highest BCUT2D eigenvalue weighted by Gasteiger charge is 2.32. The number of pyridine rings is 1. The van der Waals surface area contributed by atoms with E-state index in [2.05, 4.69) is 255 Å². The Morgan fingerprint density at radius 2 is 0.929 bits per heavy atom. The van der Waals surface area contributed by atoms with Crippen molar-refractivity contribution in [3.8, 4) is 0 Å². The number of nitrogens with zero attached hydrogens (tertiary/aromatic N) is 27. The minimum atomic E-state index is -0.212. The van der Waals surface area contributed by atoms with Crippen LogP contribution in [0.3, 0.4) is 0 Å². The Bertz CT molecular complexity index is 5050. The summed E-state index contributed by atoms with van der Waals surface area (Å²) in [5, 5.41) is 21.9. The van der Waals surface area contributed by atoms with E-state index in [-0.39, 0.29) is 66.8 Å². The maximum Gasteiger partial charge on any atom is 0.255 e. The molecular weight excluding hydrogens is 1420 g/mol. The van der Waals surface area contributed by atoms with Gasteiger partial charge in [-0.2, -0.15) is 40.0 Å². The summed E-state index contributed by atoms with van der Waals surface area (Å²) in [6.07, 6.45) is 24.3. The molecule has 0 fully saturated rings. The highest BCUT2D eigenvalue weighted by atomic mass is 16.1. The van der Waals surface area contributed by atoms with Crippen LogP contribution in [-0.2, 0) is 49.7 Å². The third kappa shape index (κ3) is 20.9. The van der Waals surface area contributed by atoms with Gasteiger partial charge < -0.3 is 16.8 Å². The van der Waals surface area contributed by atoms with Crippen LogP contribution in [0.4, 0.5) is 17.7 Å². The monoisotopic (exact) mass is 1520 g/mol. The molecule has 33 heteroatoms. The van der Waals surface area contributed by atoms with Gasteiger partial charge >= 0.3 is 0 Å².